The fraction of sp³-hybridized carbons (Fsp3) is 0.250. The summed E-state index contributed by atoms with van der Waals surface area (Å²) in [6.45, 7) is 0. The van der Waals surface area contributed by atoms with Crippen LogP contribution < -0.4 is 0 Å². The number of nitro groups is 1. The molecule has 0 radical (unpaired) electrons. The van der Waals surface area contributed by atoms with Crippen molar-refractivity contribution in [2.75, 3.05) is 5.75 Å². The molecule has 0 heterocycles. The van der Waals surface area contributed by atoms with E-state index in [1.807, 2.05) is 0 Å². The maximum Gasteiger partial charge on any atom is 0.305 e. The van der Waals surface area contributed by atoms with Crippen LogP contribution in [0.15, 0.2) is 12.1 Å². The lowest BCUT2D eigenvalue weighted by molar-refractivity contribution is -0.387. The topological polar surface area (TPSA) is 77.3 Å². The lowest BCUT2D eigenvalue weighted by Crippen LogP contribution is -2.07. The molecule has 94 valence electrons. The number of hydrogen-bond acceptors (Lipinski definition) is 4. The molecule has 0 aliphatic rings. The van der Waals surface area contributed by atoms with E-state index in [1.54, 1.807) is 0 Å². The Morgan fingerprint density at radius 2 is 1.88 bits per heavy atom. The fourth-order valence-corrected chi connectivity index (χ4v) is 1.63. The molecule has 0 saturated heterocycles. The molecule has 1 aromatic rings. The third-order valence-corrected chi connectivity index (χ3v) is 2.65. The molecule has 0 aliphatic heterocycles. The summed E-state index contributed by atoms with van der Waals surface area (Å²) < 4.78 is 59.0. The largest absolute Gasteiger partial charge is 0.305 e. The van der Waals surface area contributed by atoms with Crippen LogP contribution in [0.5, 0.6) is 0 Å². The van der Waals surface area contributed by atoms with Crippen LogP contribution in [0.4, 0.5) is 18.4 Å². The number of hydrogen-bond donors (Lipinski definition) is 0. The molecule has 0 aromatic heterocycles. The fourth-order valence-electron chi connectivity index (χ4n) is 1.18. The van der Waals surface area contributed by atoms with Crippen molar-refractivity contribution in [2.24, 2.45) is 0 Å². The van der Waals surface area contributed by atoms with Crippen molar-refractivity contribution in [3.8, 4) is 0 Å². The highest BCUT2D eigenvalue weighted by atomic mass is 32.3. The number of nitrogens with zero attached hydrogens (tertiary/aromatic N) is 1. The average molecular weight is 269 g/mol. The lowest BCUT2D eigenvalue weighted by Gasteiger charge is -2.03. The Balaban J connectivity index is 3.14. The van der Waals surface area contributed by atoms with Crippen molar-refractivity contribution in [3.05, 3.63) is 39.4 Å². The van der Waals surface area contributed by atoms with Gasteiger partial charge in [-0.15, -0.1) is 3.89 Å². The van der Waals surface area contributed by atoms with Crippen LogP contribution in [-0.4, -0.2) is 19.1 Å². The van der Waals surface area contributed by atoms with E-state index >= 15 is 0 Å². The molecule has 0 N–H and O–H groups in total. The zero-order valence-electron chi connectivity index (χ0n) is 8.19. The van der Waals surface area contributed by atoms with Crippen molar-refractivity contribution in [1.29, 1.82) is 0 Å². The van der Waals surface area contributed by atoms with Gasteiger partial charge in [-0.2, -0.15) is 12.8 Å². The molecule has 0 unspecified atom stereocenters. The van der Waals surface area contributed by atoms with Crippen LogP contribution in [0.25, 0.3) is 0 Å². The summed E-state index contributed by atoms with van der Waals surface area (Å²) in [5.74, 6) is -3.78. The monoisotopic (exact) mass is 269 g/mol. The number of nitro benzene ring substituents is 1. The third-order valence-electron chi connectivity index (χ3n) is 1.96. The molecular formula is C8H6F3NO4S. The first kappa shape index (κ1) is 13.4. The van der Waals surface area contributed by atoms with Gasteiger partial charge < -0.3 is 0 Å². The van der Waals surface area contributed by atoms with E-state index in [1.165, 1.54) is 0 Å². The van der Waals surface area contributed by atoms with Gasteiger partial charge in [0.25, 0.3) is 0 Å². The number of rotatable bonds is 4. The van der Waals surface area contributed by atoms with E-state index in [2.05, 4.69) is 0 Å². The Hall–Kier alpha value is -1.64. The average Bonchev–Trinajstić information content (AvgIpc) is 2.14. The molecule has 0 saturated carbocycles. The second kappa shape index (κ2) is 4.70. The first-order valence-corrected chi connectivity index (χ1v) is 5.81. The minimum atomic E-state index is -4.89. The second-order valence-corrected chi connectivity index (χ2v) is 4.60. The van der Waals surface area contributed by atoms with E-state index in [0.717, 1.165) is 0 Å². The summed E-state index contributed by atoms with van der Waals surface area (Å²) in [6, 6.07) is 1.24. The Bertz CT molecular complexity index is 558. The maximum atomic E-state index is 13.4. The molecule has 5 nitrogen and oxygen atoms in total. The molecular weight excluding hydrogens is 263 g/mol. The van der Waals surface area contributed by atoms with Crippen molar-refractivity contribution < 1.29 is 26.0 Å². The highest BCUT2D eigenvalue weighted by Crippen LogP contribution is 2.23. The van der Waals surface area contributed by atoms with Gasteiger partial charge in [0.1, 0.15) is 5.82 Å². The lowest BCUT2D eigenvalue weighted by atomic mass is 10.1. The summed E-state index contributed by atoms with van der Waals surface area (Å²) in [7, 11) is -4.89. The second-order valence-electron chi connectivity index (χ2n) is 3.11. The molecule has 0 aliphatic carbocycles. The number of benzene rings is 1. The van der Waals surface area contributed by atoms with E-state index in [4.69, 9.17) is 0 Å². The standard InChI is InChI=1S/C8H6F3NO4S/c9-6-1-2-7(12(13)14)8(10)5(6)3-4-17(11,15)16/h1-2H,3-4H2. The Morgan fingerprint density at radius 3 is 2.35 bits per heavy atom. The molecule has 0 spiro atoms. The molecule has 1 rings (SSSR count). The van der Waals surface area contributed by atoms with Gasteiger partial charge in [-0.25, -0.2) is 4.39 Å². The van der Waals surface area contributed by atoms with Crippen LogP contribution >= 0.6 is 0 Å². The summed E-state index contributed by atoms with van der Waals surface area (Å²) in [6.07, 6.45) is -0.807. The Morgan fingerprint density at radius 1 is 1.29 bits per heavy atom. The van der Waals surface area contributed by atoms with Crippen LogP contribution in [0, 0.1) is 21.7 Å². The van der Waals surface area contributed by atoms with E-state index in [-0.39, 0.29) is 0 Å². The van der Waals surface area contributed by atoms with Crippen LogP contribution in [0.3, 0.4) is 0 Å². The summed E-state index contributed by atoms with van der Waals surface area (Å²) in [5, 5.41) is 10.3. The van der Waals surface area contributed by atoms with E-state index in [9.17, 15) is 31.2 Å². The SMILES string of the molecule is O=[N+]([O-])c1ccc(F)c(CCS(=O)(=O)F)c1F. The van der Waals surface area contributed by atoms with Gasteiger partial charge in [0.05, 0.1) is 10.7 Å². The molecule has 0 amide bonds. The molecule has 0 bridgehead atoms. The van der Waals surface area contributed by atoms with Crippen molar-refractivity contribution in [1.82, 2.24) is 0 Å². The zero-order valence-corrected chi connectivity index (χ0v) is 9.01. The van der Waals surface area contributed by atoms with Crippen molar-refractivity contribution >= 4 is 15.9 Å². The predicted octanol–water partition coefficient (Wildman–Crippen LogP) is 1.71. The third kappa shape index (κ3) is 3.41. The minimum Gasteiger partial charge on any atom is -0.258 e. The minimum absolute atomic E-state index is 0.609. The predicted molar refractivity (Wildman–Crippen MR) is 51.6 cm³/mol. The summed E-state index contributed by atoms with van der Waals surface area (Å²) >= 11 is 0. The quantitative estimate of drug-likeness (QED) is 0.473. The molecule has 0 fully saturated rings. The molecule has 1 aromatic carbocycles. The van der Waals surface area contributed by atoms with E-state index in [0.29, 0.717) is 12.1 Å². The molecule has 9 heteroatoms. The first-order chi connectivity index (χ1) is 7.72. The smallest absolute Gasteiger partial charge is 0.258 e. The van der Waals surface area contributed by atoms with Gasteiger partial charge in [-0.3, -0.25) is 10.1 Å². The summed E-state index contributed by atoms with van der Waals surface area (Å²) in [5.41, 5.74) is -1.81. The van der Waals surface area contributed by atoms with Crippen LogP contribution in [-0.2, 0) is 16.6 Å². The van der Waals surface area contributed by atoms with Gasteiger partial charge in [0.2, 0.25) is 5.82 Å². The summed E-state index contributed by atoms with van der Waals surface area (Å²) in [4.78, 5) is 9.26. The Kier molecular flexibility index (Phi) is 3.71. The van der Waals surface area contributed by atoms with Crippen LogP contribution in [0.1, 0.15) is 5.56 Å². The van der Waals surface area contributed by atoms with Gasteiger partial charge in [0, 0.05) is 11.6 Å². The van der Waals surface area contributed by atoms with Crippen molar-refractivity contribution in [2.45, 2.75) is 6.42 Å². The highest BCUT2D eigenvalue weighted by molar-refractivity contribution is 7.86. The van der Waals surface area contributed by atoms with Gasteiger partial charge >= 0.3 is 15.9 Å². The highest BCUT2D eigenvalue weighted by Gasteiger charge is 2.22. The van der Waals surface area contributed by atoms with Gasteiger partial charge in [-0.1, -0.05) is 0 Å². The number of halogens is 3. The van der Waals surface area contributed by atoms with Crippen molar-refractivity contribution in [3.63, 3.8) is 0 Å². The van der Waals surface area contributed by atoms with Gasteiger partial charge in [0.15, 0.2) is 0 Å². The normalized spacial score (nSPS) is 11.5. The van der Waals surface area contributed by atoms with Crippen LogP contribution in [0.2, 0.25) is 0 Å². The Labute approximate surface area is 94.2 Å². The molecule has 0 atom stereocenters. The molecule has 17 heavy (non-hydrogen) atoms. The van der Waals surface area contributed by atoms with E-state index < -0.39 is 50.2 Å². The zero-order chi connectivity index (χ0) is 13.2. The maximum absolute atomic E-state index is 13.4. The first-order valence-electron chi connectivity index (χ1n) is 4.26. The van der Waals surface area contributed by atoms with Gasteiger partial charge in [-0.05, 0) is 12.5 Å².